The molecule has 1 aromatic heterocycles. The molecule has 1 aliphatic heterocycles. The van der Waals surface area contributed by atoms with Crippen LogP contribution in [0, 0.1) is 6.92 Å². The van der Waals surface area contributed by atoms with Crippen LogP contribution in [0.25, 0.3) is 11.5 Å². The third-order valence-corrected chi connectivity index (χ3v) is 6.96. The number of nitrogens with one attached hydrogen (secondary N) is 1. The zero-order valence-corrected chi connectivity index (χ0v) is 20.7. The van der Waals surface area contributed by atoms with Gasteiger partial charge in [0.2, 0.25) is 11.8 Å². The van der Waals surface area contributed by atoms with Gasteiger partial charge in [-0.3, -0.25) is 9.00 Å². The van der Waals surface area contributed by atoms with Crippen molar-refractivity contribution in [2.75, 3.05) is 46.2 Å². The molecule has 1 N–H and O–H groups in total. The molecule has 3 rings (SSSR count). The lowest BCUT2D eigenvalue weighted by Crippen LogP contribution is -2.32. The van der Waals surface area contributed by atoms with Crippen LogP contribution in [0.1, 0.15) is 43.6 Å². The zero-order chi connectivity index (χ0) is 23.6. The van der Waals surface area contributed by atoms with Gasteiger partial charge < -0.3 is 24.1 Å². The molecule has 33 heavy (non-hydrogen) atoms. The minimum atomic E-state index is -1.37. The number of ether oxygens (including phenoxy) is 2. The lowest BCUT2D eigenvalue weighted by Gasteiger charge is -2.19. The molecule has 1 aromatic carbocycles. The summed E-state index contributed by atoms with van der Waals surface area (Å²) >= 11 is 0. The molecule has 0 unspecified atom stereocenters. The number of carbonyl (C=O) groups excluding carboxylic acids is 1. The fourth-order valence-corrected chi connectivity index (χ4v) is 5.02. The molecule has 9 heteroatoms. The maximum Gasteiger partial charge on any atom is 0.232 e. The summed E-state index contributed by atoms with van der Waals surface area (Å²) in [5.74, 6) is 2.13. The zero-order valence-electron chi connectivity index (χ0n) is 19.9. The molecule has 1 fully saturated rings. The largest absolute Gasteiger partial charge is 0.493 e. The molecule has 1 amide bonds. The summed E-state index contributed by atoms with van der Waals surface area (Å²) in [6.45, 7) is 5.70. The maximum atomic E-state index is 12.5. The van der Waals surface area contributed by atoms with Crippen molar-refractivity contribution < 1.29 is 22.9 Å². The monoisotopic (exact) mass is 477 g/mol. The molecule has 8 nitrogen and oxygen atoms in total. The normalized spacial score (nSPS) is 15.6. The number of hydrogen-bond donors (Lipinski definition) is 1. The van der Waals surface area contributed by atoms with Gasteiger partial charge in [0.25, 0.3) is 0 Å². The molecule has 0 bridgehead atoms. The minimum absolute atomic E-state index is 0.0400. The number of benzene rings is 1. The van der Waals surface area contributed by atoms with E-state index in [1.807, 2.05) is 6.07 Å². The third kappa shape index (κ3) is 7.57. The van der Waals surface area contributed by atoms with E-state index in [9.17, 15) is 9.00 Å². The van der Waals surface area contributed by atoms with Crippen LogP contribution < -0.4 is 14.8 Å². The smallest absolute Gasteiger partial charge is 0.232 e. The van der Waals surface area contributed by atoms with E-state index >= 15 is 0 Å². The Morgan fingerprint density at radius 2 is 1.88 bits per heavy atom. The van der Waals surface area contributed by atoms with Gasteiger partial charge in [-0.15, -0.1) is 0 Å². The number of methoxy groups -OCH3 is 2. The fraction of sp³-hybridized carbons (Fsp3) is 0.583. The van der Waals surface area contributed by atoms with Crippen LogP contribution in [0.5, 0.6) is 11.5 Å². The summed E-state index contributed by atoms with van der Waals surface area (Å²) in [5.41, 5.74) is 1.32. The molecule has 2 aromatic rings. The van der Waals surface area contributed by atoms with Crippen molar-refractivity contribution in [3.8, 4) is 23.0 Å². The van der Waals surface area contributed by atoms with Gasteiger partial charge in [0.15, 0.2) is 11.5 Å². The fourth-order valence-electron chi connectivity index (χ4n) is 3.95. The summed E-state index contributed by atoms with van der Waals surface area (Å²) in [6.07, 6.45) is 6.08. The van der Waals surface area contributed by atoms with E-state index in [0.717, 1.165) is 31.6 Å². The molecule has 1 atom stereocenters. The summed E-state index contributed by atoms with van der Waals surface area (Å²) in [5, 5.41) is 2.90. The molecule has 0 radical (unpaired) electrons. The molecule has 0 aliphatic carbocycles. The van der Waals surface area contributed by atoms with Crippen LogP contribution in [0.2, 0.25) is 0 Å². The van der Waals surface area contributed by atoms with E-state index in [4.69, 9.17) is 13.9 Å². The van der Waals surface area contributed by atoms with Gasteiger partial charge in [0.1, 0.15) is 11.5 Å². The van der Waals surface area contributed by atoms with E-state index in [2.05, 4.69) is 15.2 Å². The molecule has 0 spiro atoms. The highest BCUT2D eigenvalue weighted by Gasteiger charge is 2.17. The second-order valence-electron chi connectivity index (χ2n) is 8.28. The molecule has 0 saturated carbocycles. The Morgan fingerprint density at radius 1 is 1.15 bits per heavy atom. The van der Waals surface area contributed by atoms with Gasteiger partial charge in [-0.2, -0.15) is 0 Å². The predicted octanol–water partition coefficient (Wildman–Crippen LogP) is 3.30. The van der Waals surface area contributed by atoms with Crippen LogP contribution in [-0.2, 0) is 21.3 Å². The number of hydrogen-bond acceptors (Lipinski definition) is 7. The van der Waals surface area contributed by atoms with E-state index in [-0.39, 0.29) is 17.4 Å². The summed E-state index contributed by atoms with van der Waals surface area (Å²) in [6, 6.07) is 5.39. The van der Waals surface area contributed by atoms with E-state index in [1.54, 1.807) is 33.3 Å². The average Bonchev–Trinajstić information content (AvgIpc) is 3.00. The highest BCUT2D eigenvalue weighted by molar-refractivity contribution is 7.84. The third-order valence-electron chi connectivity index (χ3n) is 5.78. The van der Waals surface area contributed by atoms with Crippen LogP contribution in [0.3, 0.4) is 0 Å². The number of amides is 1. The predicted molar refractivity (Wildman–Crippen MR) is 129 cm³/mol. The Labute approximate surface area is 198 Å². The van der Waals surface area contributed by atoms with Crippen molar-refractivity contribution in [2.45, 2.75) is 44.8 Å². The van der Waals surface area contributed by atoms with E-state index in [1.165, 1.54) is 25.7 Å². The van der Waals surface area contributed by atoms with Crippen LogP contribution >= 0.6 is 0 Å². The Morgan fingerprint density at radius 3 is 2.58 bits per heavy atom. The highest BCUT2D eigenvalue weighted by Crippen LogP contribution is 2.32. The first kappa shape index (κ1) is 25.2. The summed E-state index contributed by atoms with van der Waals surface area (Å²) in [7, 11) is 1.77. The van der Waals surface area contributed by atoms with Crippen molar-refractivity contribution >= 4 is 16.7 Å². The molecule has 1 aliphatic rings. The number of nitrogens with zero attached hydrogens (tertiary/aromatic N) is 2. The number of rotatable bonds is 11. The number of oxazole rings is 1. The van der Waals surface area contributed by atoms with Crippen molar-refractivity contribution in [3.05, 3.63) is 29.7 Å². The number of carbonyl (C=O) groups is 1. The Bertz CT molecular complexity index is 938. The standard InChI is InChI=1S/C24H35N3O5S/c1-18-20(26-24(32-18)19-9-10-21(30-2)22(15-19)31-3)16-33(29)17-23(28)25-11-8-14-27-12-6-4-5-7-13-27/h9-10,15H,4-8,11-14,16-17H2,1-3H3,(H,25,28)/t33-/m1/s1. The van der Waals surface area contributed by atoms with Gasteiger partial charge in [-0.05, 0) is 64.0 Å². The maximum absolute atomic E-state index is 12.5. The van der Waals surface area contributed by atoms with Crippen molar-refractivity contribution in [1.82, 2.24) is 15.2 Å². The average molecular weight is 478 g/mol. The van der Waals surface area contributed by atoms with Gasteiger partial charge >= 0.3 is 0 Å². The second kappa shape index (κ2) is 12.7. The Hall–Kier alpha value is -2.39. The molecule has 1 saturated heterocycles. The SMILES string of the molecule is COc1ccc(-c2nc(C[S@@](=O)CC(=O)NCCCN3CCCCCC3)c(C)o2)cc1OC. The molecule has 182 valence electrons. The van der Waals surface area contributed by atoms with Gasteiger partial charge in [-0.25, -0.2) is 4.98 Å². The van der Waals surface area contributed by atoms with E-state index < -0.39 is 10.8 Å². The Balaban J connectivity index is 1.46. The van der Waals surface area contributed by atoms with Crippen LogP contribution in [-0.4, -0.2) is 66.2 Å². The topological polar surface area (TPSA) is 93.9 Å². The van der Waals surface area contributed by atoms with Crippen molar-refractivity contribution in [2.24, 2.45) is 0 Å². The first-order valence-electron chi connectivity index (χ1n) is 11.5. The second-order valence-corrected chi connectivity index (χ2v) is 9.74. The highest BCUT2D eigenvalue weighted by atomic mass is 32.2. The van der Waals surface area contributed by atoms with Crippen molar-refractivity contribution in [3.63, 3.8) is 0 Å². The Kier molecular flexibility index (Phi) is 9.75. The van der Waals surface area contributed by atoms with E-state index in [0.29, 0.717) is 35.4 Å². The van der Waals surface area contributed by atoms with Crippen molar-refractivity contribution in [1.29, 1.82) is 0 Å². The number of aromatic nitrogens is 1. The van der Waals surface area contributed by atoms with Crippen LogP contribution in [0.4, 0.5) is 0 Å². The summed E-state index contributed by atoms with van der Waals surface area (Å²) < 4.78 is 28.9. The number of likely N-dealkylation sites (tertiary alicyclic amines) is 1. The van der Waals surface area contributed by atoms with Crippen LogP contribution in [0.15, 0.2) is 22.6 Å². The van der Waals surface area contributed by atoms with Gasteiger partial charge in [-0.1, -0.05) is 12.8 Å². The number of aryl methyl sites for hydroxylation is 1. The first-order valence-corrected chi connectivity index (χ1v) is 13.0. The summed E-state index contributed by atoms with van der Waals surface area (Å²) in [4.78, 5) is 19.2. The van der Waals surface area contributed by atoms with Gasteiger partial charge in [0, 0.05) is 22.9 Å². The minimum Gasteiger partial charge on any atom is -0.493 e. The molecule has 2 heterocycles. The quantitative estimate of drug-likeness (QED) is 0.496. The molecular formula is C24H35N3O5S. The lowest BCUT2D eigenvalue weighted by molar-refractivity contribution is -0.118. The lowest BCUT2D eigenvalue weighted by atomic mass is 10.2. The molecular weight excluding hydrogens is 442 g/mol. The van der Waals surface area contributed by atoms with Gasteiger partial charge in [0.05, 0.1) is 25.7 Å². The first-order chi connectivity index (χ1) is 16.0.